The Kier molecular flexibility index (Phi) is 5.62. The van der Waals surface area contributed by atoms with E-state index in [1.807, 2.05) is 18.2 Å². The Hall–Kier alpha value is -2.08. The van der Waals surface area contributed by atoms with Crippen LogP contribution in [0.2, 0.25) is 5.02 Å². The van der Waals surface area contributed by atoms with Crippen LogP contribution < -0.4 is 10.1 Å². The largest absolute Gasteiger partial charge is 0.493 e. The van der Waals surface area contributed by atoms with Crippen LogP contribution in [-0.2, 0) is 11.2 Å². The summed E-state index contributed by atoms with van der Waals surface area (Å²) in [7, 11) is 0. The summed E-state index contributed by atoms with van der Waals surface area (Å²) in [5, 5.41) is 7.84. The van der Waals surface area contributed by atoms with E-state index >= 15 is 0 Å². The van der Waals surface area contributed by atoms with Gasteiger partial charge in [-0.05, 0) is 37.8 Å². The fourth-order valence-corrected chi connectivity index (χ4v) is 4.06. The van der Waals surface area contributed by atoms with Crippen LogP contribution in [0.1, 0.15) is 74.2 Å². The quantitative estimate of drug-likeness (QED) is 0.822. The molecule has 1 amide bonds. The second kappa shape index (κ2) is 8.30. The Balaban J connectivity index is 1.34. The van der Waals surface area contributed by atoms with Gasteiger partial charge < -0.3 is 14.6 Å². The first-order valence-electron chi connectivity index (χ1n) is 9.73. The van der Waals surface area contributed by atoms with Gasteiger partial charge in [0.25, 0.3) is 0 Å². The minimum atomic E-state index is -0.0657. The van der Waals surface area contributed by atoms with Crippen LogP contribution >= 0.6 is 11.6 Å². The molecule has 7 heteroatoms. The van der Waals surface area contributed by atoms with Crippen molar-refractivity contribution in [2.24, 2.45) is 0 Å². The molecule has 0 radical (unpaired) electrons. The normalized spacial score (nSPS) is 20.0. The summed E-state index contributed by atoms with van der Waals surface area (Å²) in [5.41, 5.74) is 0.978. The third kappa shape index (κ3) is 4.43. The standard InChI is InChI=1S/C20H24ClN3O3/c21-14-7-8-15-16(6-3-11-26-17(15)12-14)22-18(25)9-10-19-23-20(24-27-19)13-4-1-2-5-13/h7-8,12-13,16H,1-6,9-11H2,(H,22,25). The number of aryl methyl sites for hydroxylation is 1. The number of halogens is 1. The van der Waals surface area contributed by atoms with Crippen molar-refractivity contribution < 1.29 is 14.1 Å². The lowest BCUT2D eigenvalue weighted by Gasteiger charge is -2.18. The molecule has 1 saturated carbocycles. The average molecular weight is 390 g/mol. The van der Waals surface area contributed by atoms with E-state index in [1.54, 1.807) is 0 Å². The van der Waals surface area contributed by atoms with E-state index < -0.39 is 0 Å². The highest BCUT2D eigenvalue weighted by atomic mass is 35.5. The summed E-state index contributed by atoms with van der Waals surface area (Å²) < 4.78 is 11.1. The van der Waals surface area contributed by atoms with Crippen LogP contribution in [-0.4, -0.2) is 22.7 Å². The van der Waals surface area contributed by atoms with Gasteiger partial charge >= 0.3 is 0 Å². The van der Waals surface area contributed by atoms with Gasteiger partial charge in [0.05, 0.1) is 12.6 Å². The minimum absolute atomic E-state index is 0.0246. The van der Waals surface area contributed by atoms with Crippen LogP contribution in [0.15, 0.2) is 22.7 Å². The zero-order valence-corrected chi connectivity index (χ0v) is 16.0. The number of carbonyl (C=O) groups is 1. The van der Waals surface area contributed by atoms with Crippen LogP contribution in [0.25, 0.3) is 0 Å². The smallest absolute Gasteiger partial charge is 0.227 e. The van der Waals surface area contributed by atoms with E-state index in [0.717, 1.165) is 42.8 Å². The molecule has 1 aliphatic carbocycles. The Morgan fingerprint density at radius 2 is 2.07 bits per heavy atom. The predicted molar refractivity (Wildman–Crippen MR) is 101 cm³/mol. The van der Waals surface area contributed by atoms with E-state index in [-0.39, 0.29) is 11.9 Å². The van der Waals surface area contributed by atoms with Crippen molar-refractivity contribution in [3.05, 3.63) is 40.5 Å². The van der Waals surface area contributed by atoms with Crippen LogP contribution in [0, 0.1) is 0 Å². The second-order valence-electron chi connectivity index (χ2n) is 7.32. The monoisotopic (exact) mass is 389 g/mol. The lowest BCUT2D eigenvalue weighted by atomic mass is 10.0. The van der Waals surface area contributed by atoms with E-state index in [2.05, 4.69) is 15.5 Å². The van der Waals surface area contributed by atoms with Gasteiger partial charge in [0, 0.05) is 29.3 Å². The van der Waals surface area contributed by atoms with Crippen molar-refractivity contribution in [2.45, 2.75) is 63.3 Å². The fraction of sp³-hybridized carbons (Fsp3) is 0.550. The molecular weight excluding hydrogens is 366 g/mol. The van der Waals surface area contributed by atoms with Crippen molar-refractivity contribution in [1.29, 1.82) is 0 Å². The zero-order chi connectivity index (χ0) is 18.6. The highest BCUT2D eigenvalue weighted by Crippen LogP contribution is 2.34. The van der Waals surface area contributed by atoms with Crippen LogP contribution in [0.5, 0.6) is 5.75 Å². The molecule has 0 bridgehead atoms. The van der Waals surface area contributed by atoms with Crippen LogP contribution in [0.3, 0.4) is 0 Å². The molecule has 1 N–H and O–H groups in total. The third-order valence-electron chi connectivity index (χ3n) is 5.35. The lowest BCUT2D eigenvalue weighted by molar-refractivity contribution is -0.121. The molecule has 144 valence electrons. The molecule has 6 nitrogen and oxygen atoms in total. The molecule has 1 aromatic carbocycles. The highest BCUT2D eigenvalue weighted by molar-refractivity contribution is 6.30. The number of benzene rings is 1. The molecule has 4 rings (SSSR count). The summed E-state index contributed by atoms with van der Waals surface area (Å²) in [6.45, 7) is 0.631. The number of hydrogen-bond donors (Lipinski definition) is 1. The maximum absolute atomic E-state index is 12.5. The van der Waals surface area contributed by atoms with Gasteiger partial charge in [0.15, 0.2) is 5.82 Å². The fourth-order valence-electron chi connectivity index (χ4n) is 3.90. The Bertz CT molecular complexity index is 802. The average Bonchev–Trinajstić information content (AvgIpc) is 3.31. The molecule has 0 spiro atoms. The molecule has 2 aromatic rings. The first-order chi connectivity index (χ1) is 13.2. The Morgan fingerprint density at radius 1 is 1.22 bits per heavy atom. The number of ether oxygens (including phenoxy) is 1. The number of fused-ring (bicyclic) bond motifs is 1. The predicted octanol–water partition coefficient (Wildman–Crippen LogP) is 4.34. The number of nitrogens with zero attached hydrogens (tertiary/aromatic N) is 2. The molecule has 1 aliphatic heterocycles. The molecular formula is C20H24ClN3O3. The van der Waals surface area contributed by atoms with E-state index in [0.29, 0.717) is 36.3 Å². The van der Waals surface area contributed by atoms with Crippen molar-refractivity contribution in [2.75, 3.05) is 6.61 Å². The van der Waals surface area contributed by atoms with Crippen molar-refractivity contribution in [1.82, 2.24) is 15.5 Å². The third-order valence-corrected chi connectivity index (χ3v) is 5.59. The summed E-state index contributed by atoms with van der Waals surface area (Å²) in [6, 6.07) is 5.51. The van der Waals surface area contributed by atoms with Crippen molar-refractivity contribution in [3.8, 4) is 5.75 Å². The number of rotatable bonds is 5. The number of amides is 1. The molecule has 2 heterocycles. The molecule has 1 unspecified atom stereocenters. The van der Waals surface area contributed by atoms with Crippen molar-refractivity contribution in [3.63, 3.8) is 0 Å². The van der Waals surface area contributed by atoms with E-state index in [9.17, 15) is 4.79 Å². The first-order valence-corrected chi connectivity index (χ1v) is 10.1. The second-order valence-corrected chi connectivity index (χ2v) is 7.76. The van der Waals surface area contributed by atoms with Gasteiger partial charge in [-0.3, -0.25) is 4.79 Å². The number of nitrogens with one attached hydrogen (secondary N) is 1. The topological polar surface area (TPSA) is 77.2 Å². The molecule has 27 heavy (non-hydrogen) atoms. The van der Waals surface area contributed by atoms with Gasteiger partial charge in [-0.2, -0.15) is 4.98 Å². The minimum Gasteiger partial charge on any atom is -0.493 e. The first kappa shape index (κ1) is 18.3. The Morgan fingerprint density at radius 3 is 2.93 bits per heavy atom. The maximum atomic E-state index is 12.5. The Labute approximate surface area is 163 Å². The van der Waals surface area contributed by atoms with Crippen LogP contribution in [0.4, 0.5) is 0 Å². The summed E-state index contributed by atoms with van der Waals surface area (Å²) in [4.78, 5) is 16.9. The SMILES string of the molecule is O=C(CCc1nc(C2CCCC2)no1)NC1CCCOc2cc(Cl)ccc21. The van der Waals surface area contributed by atoms with Gasteiger partial charge in [0.1, 0.15) is 5.75 Å². The number of hydrogen-bond acceptors (Lipinski definition) is 5. The summed E-state index contributed by atoms with van der Waals surface area (Å²) in [5.74, 6) is 2.50. The van der Waals surface area contributed by atoms with Gasteiger partial charge in [-0.1, -0.05) is 35.7 Å². The molecule has 2 aliphatic rings. The molecule has 1 fully saturated rings. The van der Waals surface area contributed by atoms with E-state index in [1.165, 1.54) is 12.8 Å². The zero-order valence-electron chi connectivity index (χ0n) is 15.2. The highest BCUT2D eigenvalue weighted by Gasteiger charge is 2.24. The number of carbonyl (C=O) groups excluding carboxylic acids is 1. The van der Waals surface area contributed by atoms with Crippen molar-refractivity contribution >= 4 is 17.5 Å². The van der Waals surface area contributed by atoms with Gasteiger partial charge in [-0.15, -0.1) is 0 Å². The maximum Gasteiger partial charge on any atom is 0.227 e. The molecule has 1 aromatic heterocycles. The molecule has 0 saturated heterocycles. The summed E-state index contributed by atoms with van der Waals surface area (Å²) >= 11 is 6.06. The lowest BCUT2D eigenvalue weighted by Crippen LogP contribution is -2.28. The summed E-state index contributed by atoms with van der Waals surface area (Å²) in [6.07, 6.45) is 7.23. The van der Waals surface area contributed by atoms with Gasteiger partial charge in [-0.25, -0.2) is 0 Å². The van der Waals surface area contributed by atoms with Gasteiger partial charge in [0.2, 0.25) is 11.8 Å². The number of aromatic nitrogens is 2. The van der Waals surface area contributed by atoms with E-state index in [4.69, 9.17) is 20.9 Å². The molecule has 1 atom stereocenters.